The van der Waals surface area contributed by atoms with Crippen LogP contribution in [0.15, 0.2) is 18.2 Å². The molecule has 100 valence electrons. The Bertz CT molecular complexity index is 403. The SMILES string of the molecule is CCN(C)C(=O)C(C)NCc1c(F)cccc1F. The van der Waals surface area contributed by atoms with Crippen LogP contribution in [0.4, 0.5) is 8.78 Å². The van der Waals surface area contributed by atoms with E-state index in [4.69, 9.17) is 0 Å². The number of nitrogens with zero attached hydrogens (tertiary/aromatic N) is 1. The molecule has 3 nitrogen and oxygen atoms in total. The zero-order chi connectivity index (χ0) is 13.7. The van der Waals surface area contributed by atoms with Gasteiger partial charge >= 0.3 is 0 Å². The van der Waals surface area contributed by atoms with Gasteiger partial charge in [0.2, 0.25) is 5.91 Å². The highest BCUT2D eigenvalue weighted by Gasteiger charge is 2.17. The number of rotatable bonds is 5. The van der Waals surface area contributed by atoms with Gasteiger partial charge in [0, 0.05) is 25.7 Å². The Morgan fingerprint density at radius 2 is 1.94 bits per heavy atom. The predicted molar refractivity (Wildman–Crippen MR) is 66.0 cm³/mol. The van der Waals surface area contributed by atoms with E-state index in [1.807, 2.05) is 6.92 Å². The summed E-state index contributed by atoms with van der Waals surface area (Å²) in [5.74, 6) is -1.31. The highest BCUT2D eigenvalue weighted by Crippen LogP contribution is 2.11. The topological polar surface area (TPSA) is 32.3 Å². The molecule has 5 heteroatoms. The Morgan fingerprint density at radius 3 is 2.44 bits per heavy atom. The average molecular weight is 256 g/mol. The van der Waals surface area contributed by atoms with E-state index in [9.17, 15) is 13.6 Å². The van der Waals surface area contributed by atoms with Crippen molar-refractivity contribution in [3.05, 3.63) is 35.4 Å². The third-order valence-corrected chi connectivity index (χ3v) is 2.87. The van der Waals surface area contributed by atoms with Gasteiger partial charge in [0.05, 0.1) is 6.04 Å². The summed E-state index contributed by atoms with van der Waals surface area (Å²) in [6, 6.07) is 3.23. The minimum atomic E-state index is -0.606. The zero-order valence-electron chi connectivity index (χ0n) is 10.8. The number of amides is 1. The fraction of sp³-hybridized carbons (Fsp3) is 0.462. The molecule has 1 N–H and O–H groups in total. The van der Waals surface area contributed by atoms with E-state index in [2.05, 4.69) is 5.32 Å². The Hall–Kier alpha value is -1.49. The largest absolute Gasteiger partial charge is 0.345 e. The van der Waals surface area contributed by atoms with Crippen LogP contribution in [0.2, 0.25) is 0 Å². The number of halogens is 2. The fourth-order valence-corrected chi connectivity index (χ4v) is 1.53. The van der Waals surface area contributed by atoms with Gasteiger partial charge in [-0.25, -0.2) is 8.78 Å². The minimum absolute atomic E-state index is 0.0109. The van der Waals surface area contributed by atoms with Crippen molar-refractivity contribution >= 4 is 5.91 Å². The molecule has 0 bridgehead atoms. The van der Waals surface area contributed by atoms with Gasteiger partial charge in [-0.1, -0.05) is 6.07 Å². The van der Waals surface area contributed by atoms with Crippen LogP contribution in [0.1, 0.15) is 19.4 Å². The molecule has 1 unspecified atom stereocenters. The maximum atomic E-state index is 13.4. The van der Waals surface area contributed by atoms with Crippen LogP contribution >= 0.6 is 0 Å². The molecule has 1 rings (SSSR count). The highest BCUT2D eigenvalue weighted by molar-refractivity contribution is 5.81. The number of hydrogen-bond donors (Lipinski definition) is 1. The molecule has 0 saturated heterocycles. The Labute approximate surface area is 106 Å². The first-order valence-corrected chi connectivity index (χ1v) is 5.88. The molecule has 0 radical (unpaired) electrons. The Kier molecular flexibility index (Phi) is 5.22. The molecule has 0 fully saturated rings. The van der Waals surface area contributed by atoms with Crippen LogP contribution in [0.3, 0.4) is 0 Å². The number of carbonyl (C=O) groups excluding carboxylic acids is 1. The molecule has 0 aliphatic rings. The van der Waals surface area contributed by atoms with E-state index in [1.54, 1.807) is 18.9 Å². The Balaban J connectivity index is 2.63. The first-order chi connectivity index (χ1) is 8.47. The molecule has 1 amide bonds. The average Bonchev–Trinajstić information content (AvgIpc) is 2.36. The number of nitrogens with one attached hydrogen (secondary N) is 1. The van der Waals surface area contributed by atoms with Gasteiger partial charge in [0.1, 0.15) is 11.6 Å². The van der Waals surface area contributed by atoms with Crippen molar-refractivity contribution in [2.24, 2.45) is 0 Å². The first-order valence-electron chi connectivity index (χ1n) is 5.88. The molecule has 0 heterocycles. The first kappa shape index (κ1) is 14.6. The predicted octanol–water partition coefficient (Wildman–Crippen LogP) is 1.92. The monoisotopic (exact) mass is 256 g/mol. The van der Waals surface area contributed by atoms with Crippen molar-refractivity contribution in [1.82, 2.24) is 10.2 Å². The molecule has 0 aliphatic carbocycles. The highest BCUT2D eigenvalue weighted by atomic mass is 19.1. The number of hydrogen-bond acceptors (Lipinski definition) is 2. The Morgan fingerprint density at radius 1 is 1.39 bits per heavy atom. The van der Waals surface area contributed by atoms with Crippen LogP contribution in [-0.2, 0) is 11.3 Å². The van der Waals surface area contributed by atoms with Gasteiger partial charge in [0.25, 0.3) is 0 Å². The van der Waals surface area contributed by atoms with Crippen LogP contribution in [-0.4, -0.2) is 30.4 Å². The van der Waals surface area contributed by atoms with E-state index in [-0.39, 0.29) is 18.0 Å². The quantitative estimate of drug-likeness (QED) is 0.873. The van der Waals surface area contributed by atoms with Gasteiger partial charge in [-0.15, -0.1) is 0 Å². The molecule has 1 atom stereocenters. The summed E-state index contributed by atoms with van der Waals surface area (Å²) in [4.78, 5) is 13.3. The van der Waals surface area contributed by atoms with E-state index < -0.39 is 17.7 Å². The summed E-state index contributed by atoms with van der Waals surface area (Å²) in [5.41, 5.74) is -0.0451. The molecule has 0 saturated carbocycles. The second-order valence-corrected chi connectivity index (χ2v) is 4.16. The summed E-state index contributed by atoms with van der Waals surface area (Å²) < 4.78 is 26.7. The lowest BCUT2D eigenvalue weighted by Crippen LogP contribution is -2.42. The summed E-state index contributed by atoms with van der Waals surface area (Å²) in [7, 11) is 1.68. The summed E-state index contributed by atoms with van der Waals surface area (Å²) in [6.07, 6.45) is 0. The number of benzene rings is 1. The minimum Gasteiger partial charge on any atom is -0.345 e. The van der Waals surface area contributed by atoms with Crippen LogP contribution in [0, 0.1) is 11.6 Å². The maximum absolute atomic E-state index is 13.4. The normalized spacial score (nSPS) is 12.3. The lowest BCUT2D eigenvalue weighted by Gasteiger charge is -2.20. The molecule has 18 heavy (non-hydrogen) atoms. The van der Waals surface area contributed by atoms with Crippen molar-refractivity contribution in [2.45, 2.75) is 26.4 Å². The van der Waals surface area contributed by atoms with Gasteiger partial charge in [-0.3, -0.25) is 4.79 Å². The van der Waals surface area contributed by atoms with Crippen molar-refractivity contribution in [2.75, 3.05) is 13.6 Å². The third kappa shape index (κ3) is 3.50. The fourth-order valence-electron chi connectivity index (χ4n) is 1.53. The molecule has 0 spiro atoms. The standard InChI is InChI=1S/C13H18F2N2O/c1-4-17(3)13(18)9(2)16-8-10-11(14)6-5-7-12(10)15/h5-7,9,16H,4,8H2,1-3H3. The third-order valence-electron chi connectivity index (χ3n) is 2.87. The zero-order valence-corrected chi connectivity index (χ0v) is 10.8. The lowest BCUT2D eigenvalue weighted by atomic mass is 10.2. The van der Waals surface area contributed by atoms with Gasteiger partial charge in [0.15, 0.2) is 0 Å². The van der Waals surface area contributed by atoms with E-state index >= 15 is 0 Å². The van der Waals surface area contributed by atoms with Crippen LogP contribution in [0.5, 0.6) is 0 Å². The summed E-state index contributed by atoms with van der Waals surface area (Å²) >= 11 is 0. The number of carbonyl (C=O) groups is 1. The van der Waals surface area contributed by atoms with E-state index in [1.165, 1.54) is 18.2 Å². The van der Waals surface area contributed by atoms with Crippen molar-refractivity contribution in [3.8, 4) is 0 Å². The van der Waals surface area contributed by atoms with Crippen molar-refractivity contribution in [1.29, 1.82) is 0 Å². The van der Waals surface area contributed by atoms with Crippen molar-refractivity contribution in [3.63, 3.8) is 0 Å². The maximum Gasteiger partial charge on any atom is 0.239 e. The molecule has 1 aromatic carbocycles. The van der Waals surface area contributed by atoms with Crippen LogP contribution < -0.4 is 5.32 Å². The number of likely N-dealkylation sites (N-methyl/N-ethyl adjacent to an activating group) is 1. The van der Waals surface area contributed by atoms with E-state index in [0.717, 1.165) is 0 Å². The molecule has 1 aromatic rings. The second-order valence-electron chi connectivity index (χ2n) is 4.16. The smallest absolute Gasteiger partial charge is 0.239 e. The summed E-state index contributed by atoms with van der Waals surface area (Å²) in [6.45, 7) is 4.12. The summed E-state index contributed by atoms with van der Waals surface area (Å²) in [5, 5.41) is 2.82. The van der Waals surface area contributed by atoms with Gasteiger partial charge in [-0.2, -0.15) is 0 Å². The second kappa shape index (κ2) is 6.44. The molecule has 0 aromatic heterocycles. The molecular weight excluding hydrogens is 238 g/mol. The van der Waals surface area contributed by atoms with Crippen LogP contribution in [0.25, 0.3) is 0 Å². The molecular formula is C13H18F2N2O. The van der Waals surface area contributed by atoms with Crippen molar-refractivity contribution < 1.29 is 13.6 Å². The lowest BCUT2D eigenvalue weighted by molar-refractivity contribution is -0.131. The van der Waals surface area contributed by atoms with Gasteiger partial charge < -0.3 is 10.2 Å². The van der Waals surface area contributed by atoms with Gasteiger partial charge in [-0.05, 0) is 26.0 Å². The van der Waals surface area contributed by atoms with E-state index in [0.29, 0.717) is 6.54 Å². The molecule has 0 aliphatic heterocycles.